The zero-order valence-corrected chi connectivity index (χ0v) is 11.6. The largest absolute Gasteiger partial charge is 0.478 e. The van der Waals surface area contributed by atoms with Gasteiger partial charge in [0, 0.05) is 6.07 Å². The molecule has 0 heterocycles. The SMILES string of the molecule is O=C(O)c1cccc(CS(=O)c2ccccc2[N+](=O)[O-])c1. The van der Waals surface area contributed by atoms with Crippen molar-refractivity contribution >= 4 is 22.5 Å². The predicted molar refractivity (Wildman–Crippen MR) is 76.6 cm³/mol. The van der Waals surface area contributed by atoms with E-state index in [1.165, 1.54) is 30.3 Å². The molecule has 0 aliphatic rings. The first-order chi connectivity index (χ1) is 9.99. The van der Waals surface area contributed by atoms with Crippen LogP contribution in [0.3, 0.4) is 0 Å². The van der Waals surface area contributed by atoms with Crippen LogP contribution in [0, 0.1) is 10.1 Å². The molecule has 0 saturated carbocycles. The number of hydrogen-bond acceptors (Lipinski definition) is 4. The molecule has 0 fully saturated rings. The third-order valence-electron chi connectivity index (χ3n) is 2.78. The zero-order valence-electron chi connectivity index (χ0n) is 10.8. The average Bonchev–Trinajstić information content (AvgIpc) is 2.47. The fourth-order valence-electron chi connectivity index (χ4n) is 1.82. The van der Waals surface area contributed by atoms with Crippen LogP contribution in [0.5, 0.6) is 0 Å². The molecule has 0 aromatic heterocycles. The first-order valence-electron chi connectivity index (χ1n) is 5.93. The summed E-state index contributed by atoms with van der Waals surface area (Å²) >= 11 is 0. The van der Waals surface area contributed by atoms with Crippen molar-refractivity contribution in [1.29, 1.82) is 0 Å². The molecule has 0 bridgehead atoms. The van der Waals surface area contributed by atoms with Crippen molar-refractivity contribution in [3.63, 3.8) is 0 Å². The molecule has 0 spiro atoms. The van der Waals surface area contributed by atoms with Gasteiger partial charge in [-0.15, -0.1) is 0 Å². The van der Waals surface area contributed by atoms with Gasteiger partial charge in [-0.2, -0.15) is 0 Å². The van der Waals surface area contributed by atoms with Crippen LogP contribution in [0.25, 0.3) is 0 Å². The van der Waals surface area contributed by atoms with Crippen molar-refractivity contribution < 1.29 is 19.0 Å². The van der Waals surface area contributed by atoms with Crippen molar-refractivity contribution in [1.82, 2.24) is 0 Å². The second kappa shape index (κ2) is 6.27. The zero-order chi connectivity index (χ0) is 15.4. The van der Waals surface area contributed by atoms with E-state index in [4.69, 9.17) is 5.11 Å². The van der Waals surface area contributed by atoms with E-state index >= 15 is 0 Å². The summed E-state index contributed by atoms with van der Waals surface area (Å²) in [6.45, 7) is 0. The van der Waals surface area contributed by atoms with E-state index in [0.717, 1.165) is 0 Å². The Morgan fingerprint density at radius 1 is 1.19 bits per heavy atom. The van der Waals surface area contributed by atoms with Gasteiger partial charge in [0.25, 0.3) is 5.69 Å². The standard InChI is InChI=1S/C14H11NO5S/c16-14(17)11-5-3-4-10(8-11)9-21(20)13-7-2-1-6-12(13)15(18)19/h1-8H,9H2,(H,16,17). The van der Waals surface area contributed by atoms with E-state index < -0.39 is 21.7 Å². The minimum Gasteiger partial charge on any atom is -0.478 e. The maximum Gasteiger partial charge on any atom is 0.335 e. The number of aromatic carboxylic acids is 1. The van der Waals surface area contributed by atoms with Gasteiger partial charge in [0.1, 0.15) is 4.90 Å². The van der Waals surface area contributed by atoms with Crippen molar-refractivity contribution in [2.24, 2.45) is 0 Å². The first-order valence-corrected chi connectivity index (χ1v) is 7.25. The van der Waals surface area contributed by atoms with Gasteiger partial charge < -0.3 is 5.11 Å². The first kappa shape index (κ1) is 14.9. The average molecular weight is 305 g/mol. The molecule has 2 aromatic carbocycles. The Hall–Kier alpha value is -2.54. The summed E-state index contributed by atoms with van der Waals surface area (Å²) in [6, 6.07) is 11.8. The molecule has 0 aliphatic carbocycles. The highest BCUT2D eigenvalue weighted by Crippen LogP contribution is 2.23. The molecule has 2 aromatic rings. The smallest absolute Gasteiger partial charge is 0.335 e. The summed E-state index contributed by atoms with van der Waals surface area (Å²) in [4.78, 5) is 21.3. The molecule has 6 nitrogen and oxygen atoms in total. The third-order valence-corrected chi connectivity index (χ3v) is 4.21. The van der Waals surface area contributed by atoms with E-state index in [9.17, 15) is 19.1 Å². The number of carbonyl (C=O) groups is 1. The van der Waals surface area contributed by atoms with Gasteiger partial charge in [-0.3, -0.25) is 14.3 Å². The number of rotatable bonds is 5. The van der Waals surface area contributed by atoms with Crippen LogP contribution in [-0.2, 0) is 16.6 Å². The molecule has 2 rings (SSSR count). The monoisotopic (exact) mass is 305 g/mol. The third kappa shape index (κ3) is 3.51. The van der Waals surface area contributed by atoms with Crippen molar-refractivity contribution in [3.8, 4) is 0 Å². The molecule has 0 saturated heterocycles. The van der Waals surface area contributed by atoms with Gasteiger partial charge in [0.2, 0.25) is 0 Å². The highest BCUT2D eigenvalue weighted by atomic mass is 32.2. The lowest BCUT2D eigenvalue weighted by atomic mass is 10.1. The van der Waals surface area contributed by atoms with E-state index in [-0.39, 0.29) is 21.9 Å². The van der Waals surface area contributed by atoms with Crippen LogP contribution < -0.4 is 0 Å². The summed E-state index contributed by atoms with van der Waals surface area (Å²) < 4.78 is 12.3. The fraction of sp³-hybridized carbons (Fsp3) is 0.0714. The number of para-hydroxylation sites is 1. The van der Waals surface area contributed by atoms with Gasteiger partial charge in [-0.25, -0.2) is 4.79 Å². The Labute approximate surface area is 122 Å². The highest BCUT2D eigenvalue weighted by molar-refractivity contribution is 7.84. The molecule has 21 heavy (non-hydrogen) atoms. The second-order valence-electron chi connectivity index (χ2n) is 4.22. The molecule has 0 radical (unpaired) electrons. The summed E-state index contributed by atoms with van der Waals surface area (Å²) in [6.07, 6.45) is 0. The van der Waals surface area contributed by atoms with Crippen LogP contribution in [-0.4, -0.2) is 20.2 Å². The molecule has 1 unspecified atom stereocenters. The van der Waals surface area contributed by atoms with Crippen molar-refractivity contribution in [2.75, 3.05) is 0 Å². The summed E-state index contributed by atoms with van der Waals surface area (Å²) in [5.41, 5.74) is 0.434. The number of carboxylic acid groups (broad SMARTS) is 1. The minimum atomic E-state index is -1.62. The number of nitro benzene ring substituents is 1. The predicted octanol–water partition coefficient (Wildman–Crippen LogP) is 2.60. The lowest BCUT2D eigenvalue weighted by molar-refractivity contribution is -0.387. The Balaban J connectivity index is 2.28. The van der Waals surface area contributed by atoms with Gasteiger partial charge in [-0.1, -0.05) is 24.3 Å². The van der Waals surface area contributed by atoms with Gasteiger partial charge >= 0.3 is 5.97 Å². The minimum absolute atomic E-state index is 0.0198. The van der Waals surface area contributed by atoms with Gasteiger partial charge in [-0.05, 0) is 23.8 Å². The number of benzene rings is 2. The van der Waals surface area contributed by atoms with Crippen molar-refractivity contribution in [2.45, 2.75) is 10.6 Å². The summed E-state index contributed by atoms with van der Waals surface area (Å²) in [5, 5.41) is 19.8. The van der Waals surface area contributed by atoms with Gasteiger partial charge in [0.15, 0.2) is 0 Å². The fourth-order valence-corrected chi connectivity index (χ4v) is 3.07. The maximum atomic E-state index is 12.3. The van der Waals surface area contributed by atoms with Crippen LogP contribution >= 0.6 is 0 Å². The Morgan fingerprint density at radius 2 is 1.90 bits per heavy atom. The Bertz CT molecular complexity index is 729. The van der Waals surface area contributed by atoms with Crippen LogP contribution in [0.1, 0.15) is 15.9 Å². The quantitative estimate of drug-likeness (QED) is 0.676. The number of hydrogen-bond donors (Lipinski definition) is 1. The maximum absolute atomic E-state index is 12.3. The Kier molecular flexibility index (Phi) is 4.44. The number of carboxylic acids is 1. The van der Waals surface area contributed by atoms with Crippen molar-refractivity contribution in [3.05, 3.63) is 69.8 Å². The lowest BCUT2D eigenvalue weighted by Crippen LogP contribution is -2.02. The van der Waals surface area contributed by atoms with E-state index in [2.05, 4.69) is 0 Å². The molecule has 0 amide bonds. The highest BCUT2D eigenvalue weighted by Gasteiger charge is 2.18. The molecule has 1 atom stereocenters. The van der Waals surface area contributed by atoms with Gasteiger partial charge in [0.05, 0.1) is 27.0 Å². The Morgan fingerprint density at radius 3 is 2.57 bits per heavy atom. The van der Waals surface area contributed by atoms with Crippen LogP contribution in [0.2, 0.25) is 0 Å². The summed E-state index contributed by atoms with van der Waals surface area (Å²) in [5.74, 6) is -1.06. The van der Waals surface area contributed by atoms with E-state index in [1.807, 2.05) is 0 Å². The van der Waals surface area contributed by atoms with E-state index in [1.54, 1.807) is 18.2 Å². The molecule has 7 heteroatoms. The number of nitrogens with zero attached hydrogens (tertiary/aromatic N) is 1. The normalized spacial score (nSPS) is 11.8. The summed E-state index contributed by atoms with van der Waals surface area (Å²) in [7, 11) is -1.62. The topological polar surface area (TPSA) is 97.5 Å². The molecular weight excluding hydrogens is 294 g/mol. The second-order valence-corrected chi connectivity index (χ2v) is 5.64. The number of nitro groups is 1. The molecule has 0 aliphatic heterocycles. The molecular formula is C14H11NO5S. The molecule has 1 N–H and O–H groups in total. The molecule has 108 valence electrons. The van der Waals surface area contributed by atoms with Crippen LogP contribution in [0.4, 0.5) is 5.69 Å². The van der Waals surface area contributed by atoms with Crippen LogP contribution in [0.15, 0.2) is 53.4 Å². The lowest BCUT2D eigenvalue weighted by Gasteiger charge is -2.04. The van der Waals surface area contributed by atoms with E-state index in [0.29, 0.717) is 5.56 Å².